The van der Waals surface area contributed by atoms with E-state index in [-0.39, 0.29) is 23.0 Å². The molecule has 1 spiro atoms. The molecule has 1 atom stereocenters. The predicted molar refractivity (Wildman–Crippen MR) is 99.3 cm³/mol. The Morgan fingerprint density at radius 1 is 1.31 bits per heavy atom. The van der Waals surface area contributed by atoms with Crippen LogP contribution >= 0.6 is 0 Å². The van der Waals surface area contributed by atoms with Crippen molar-refractivity contribution < 1.29 is 17.9 Å². The van der Waals surface area contributed by atoms with E-state index in [4.69, 9.17) is 4.74 Å². The molecule has 2 amide bonds. The number of hydrogen-bond donors (Lipinski definition) is 1. The number of urea groups is 1. The van der Waals surface area contributed by atoms with Gasteiger partial charge in [-0.05, 0) is 42.9 Å². The summed E-state index contributed by atoms with van der Waals surface area (Å²) in [5.74, 6) is 1.48. The number of nitrogens with one attached hydrogen (secondary N) is 1. The van der Waals surface area contributed by atoms with Crippen LogP contribution < -0.4 is 10.1 Å². The molecule has 7 heteroatoms. The van der Waals surface area contributed by atoms with Crippen LogP contribution in [-0.2, 0) is 22.7 Å². The first-order valence-electron chi connectivity index (χ1n) is 9.43. The minimum Gasteiger partial charge on any atom is -0.493 e. The van der Waals surface area contributed by atoms with Crippen molar-refractivity contribution in [1.82, 2.24) is 10.2 Å². The van der Waals surface area contributed by atoms with E-state index in [0.717, 1.165) is 38.0 Å². The van der Waals surface area contributed by atoms with Gasteiger partial charge in [0, 0.05) is 31.5 Å². The molecule has 2 saturated heterocycles. The van der Waals surface area contributed by atoms with Crippen molar-refractivity contribution in [1.29, 1.82) is 0 Å². The summed E-state index contributed by atoms with van der Waals surface area (Å²) < 4.78 is 29.2. The molecule has 0 aliphatic carbocycles. The summed E-state index contributed by atoms with van der Waals surface area (Å²) in [7, 11) is -2.93. The van der Waals surface area contributed by atoms with Crippen molar-refractivity contribution in [3.63, 3.8) is 0 Å². The van der Waals surface area contributed by atoms with Gasteiger partial charge in [0.2, 0.25) is 0 Å². The van der Waals surface area contributed by atoms with Gasteiger partial charge in [-0.1, -0.05) is 12.1 Å². The fourth-order valence-corrected chi connectivity index (χ4v) is 6.71. The molecule has 2 fully saturated rings. The van der Waals surface area contributed by atoms with Crippen LogP contribution in [0.3, 0.4) is 0 Å². The summed E-state index contributed by atoms with van der Waals surface area (Å²) >= 11 is 0. The van der Waals surface area contributed by atoms with Gasteiger partial charge in [-0.15, -0.1) is 0 Å². The quantitative estimate of drug-likeness (QED) is 0.870. The van der Waals surface area contributed by atoms with Crippen LogP contribution in [0.15, 0.2) is 18.2 Å². The van der Waals surface area contributed by atoms with Gasteiger partial charge in [0.15, 0.2) is 9.84 Å². The number of hydrogen-bond acceptors (Lipinski definition) is 4. The molecule has 0 saturated carbocycles. The summed E-state index contributed by atoms with van der Waals surface area (Å²) in [6, 6.07) is 6.15. The van der Waals surface area contributed by atoms with Gasteiger partial charge in [0.1, 0.15) is 5.75 Å². The van der Waals surface area contributed by atoms with Crippen molar-refractivity contribution in [2.24, 2.45) is 5.41 Å². The Kier molecular flexibility index (Phi) is 4.59. The minimum absolute atomic E-state index is 0.0714. The molecule has 0 bridgehead atoms. The van der Waals surface area contributed by atoms with Gasteiger partial charge in [0.05, 0.1) is 18.1 Å². The largest absolute Gasteiger partial charge is 0.493 e. The number of carbonyl (C=O) groups is 1. The maximum Gasteiger partial charge on any atom is 0.317 e. The molecular formula is C19H26N2O4S. The smallest absolute Gasteiger partial charge is 0.317 e. The van der Waals surface area contributed by atoms with Crippen LogP contribution in [0.5, 0.6) is 5.75 Å². The summed E-state index contributed by atoms with van der Waals surface area (Å²) in [5, 5.41) is 3.00. The lowest BCUT2D eigenvalue weighted by molar-refractivity contribution is 0.122. The number of fused-ring (bicyclic) bond motifs is 1. The third kappa shape index (κ3) is 3.68. The Labute approximate surface area is 154 Å². The molecule has 0 aromatic heterocycles. The Bertz CT molecular complexity index is 808. The van der Waals surface area contributed by atoms with Crippen LogP contribution in [0, 0.1) is 5.41 Å². The summed E-state index contributed by atoms with van der Waals surface area (Å²) in [4.78, 5) is 14.3. The first kappa shape index (κ1) is 17.6. The number of amides is 2. The molecule has 3 aliphatic rings. The summed E-state index contributed by atoms with van der Waals surface area (Å²) in [6.07, 6.45) is 4.22. The van der Waals surface area contributed by atoms with Crippen molar-refractivity contribution in [2.45, 2.75) is 32.1 Å². The monoisotopic (exact) mass is 378 g/mol. The minimum atomic E-state index is -2.93. The lowest BCUT2D eigenvalue weighted by Crippen LogP contribution is -2.50. The summed E-state index contributed by atoms with van der Waals surface area (Å²) in [6.45, 7) is 2.61. The van der Waals surface area contributed by atoms with E-state index in [0.29, 0.717) is 26.1 Å². The number of nitrogens with zero attached hydrogens (tertiary/aromatic N) is 1. The summed E-state index contributed by atoms with van der Waals surface area (Å²) in [5.41, 5.74) is 2.23. The topological polar surface area (TPSA) is 75.7 Å². The number of rotatable bonds is 3. The highest BCUT2D eigenvalue weighted by Crippen LogP contribution is 2.40. The zero-order chi connectivity index (χ0) is 18.2. The number of sulfone groups is 1. The number of carbonyl (C=O) groups excluding carboxylic acids is 1. The Balaban J connectivity index is 1.29. The van der Waals surface area contributed by atoms with Crippen molar-refractivity contribution in [3.05, 3.63) is 29.3 Å². The lowest BCUT2D eigenvalue weighted by atomic mass is 9.80. The molecule has 1 N–H and O–H groups in total. The fraction of sp³-hybridized carbons (Fsp3) is 0.632. The van der Waals surface area contributed by atoms with Gasteiger partial charge in [-0.2, -0.15) is 0 Å². The molecule has 0 unspecified atom stereocenters. The van der Waals surface area contributed by atoms with Gasteiger partial charge in [-0.25, -0.2) is 13.2 Å². The number of ether oxygens (including phenoxy) is 1. The van der Waals surface area contributed by atoms with E-state index in [2.05, 4.69) is 17.4 Å². The van der Waals surface area contributed by atoms with Crippen LogP contribution in [0.4, 0.5) is 4.79 Å². The zero-order valence-corrected chi connectivity index (χ0v) is 15.8. The maximum atomic E-state index is 12.5. The Morgan fingerprint density at radius 3 is 3.00 bits per heavy atom. The third-order valence-corrected chi connectivity index (χ3v) is 7.74. The van der Waals surface area contributed by atoms with E-state index in [1.54, 1.807) is 4.90 Å². The predicted octanol–water partition coefficient (Wildman–Crippen LogP) is 1.77. The first-order valence-corrected chi connectivity index (χ1v) is 11.2. The molecular weight excluding hydrogens is 352 g/mol. The van der Waals surface area contributed by atoms with Gasteiger partial charge in [0.25, 0.3) is 0 Å². The van der Waals surface area contributed by atoms with Crippen LogP contribution in [0.2, 0.25) is 0 Å². The molecule has 0 radical (unpaired) electrons. The van der Waals surface area contributed by atoms with Crippen LogP contribution in [-0.4, -0.2) is 57.1 Å². The molecule has 1 aromatic carbocycles. The molecule has 6 nitrogen and oxygen atoms in total. The van der Waals surface area contributed by atoms with E-state index in [1.165, 1.54) is 11.1 Å². The van der Waals surface area contributed by atoms with E-state index >= 15 is 0 Å². The number of likely N-dealkylation sites (tertiary alicyclic amines) is 1. The van der Waals surface area contributed by atoms with E-state index in [1.807, 2.05) is 6.07 Å². The standard InChI is InChI=1S/C19H26N2O4S/c22-18(20-8-4-15-2-3-17-16(12-15)5-10-25-17)21-9-1-6-19(13-21)7-11-26(23,24)14-19/h2-3,12H,1,4-11,13-14H2,(H,20,22)/t19-/m1/s1. The first-order chi connectivity index (χ1) is 12.4. The lowest BCUT2D eigenvalue weighted by Gasteiger charge is -2.39. The van der Waals surface area contributed by atoms with E-state index in [9.17, 15) is 13.2 Å². The molecule has 1 aromatic rings. The van der Waals surface area contributed by atoms with Gasteiger partial charge < -0.3 is 15.0 Å². The Hall–Kier alpha value is -1.76. The highest BCUT2D eigenvalue weighted by molar-refractivity contribution is 7.91. The number of benzene rings is 1. The average molecular weight is 378 g/mol. The molecule has 3 heterocycles. The van der Waals surface area contributed by atoms with Crippen LogP contribution in [0.25, 0.3) is 0 Å². The van der Waals surface area contributed by atoms with Crippen LogP contribution in [0.1, 0.15) is 30.4 Å². The SMILES string of the molecule is O=C(NCCc1ccc2c(c1)CCO2)N1CCC[C@@]2(CCS(=O)(=O)C2)C1. The second-order valence-electron chi connectivity index (χ2n) is 7.89. The second-order valence-corrected chi connectivity index (χ2v) is 10.1. The molecule has 3 aliphatic heterocycles. The highest BCUT2D eigenvalue weighted by atomic mass is 32.2. The molecule has 4 rings (SSSR count). The van der Waals surface area contributed by atoms with Crippen molar-refractivity contribution >= 4 is 15.9 Å². The highest BCUT2D eigenvalue weighted by Gasteiger charge is 2.45. The average Bonchev–Trinajstić information content (AvgIpc) is 3.18. The van der Waals surface area contributed by atoms with Crippen molar-refractivity contribution in [2.75, 3.05) is 37.7 Å². The van der Waals surface area contributed by atoms with Gasteiger partial charge >= 0.3 is 6.03 Å². The Morgan fingerprint density at radius 2 is 2.19 bits per heavy atom. The van der Waals surface area contributed by atoms with Crippen molar-refractivity contribution in [3.8, 4) is 5.75 Å². The van der Waals surface area contributed by atoms with Gasteiger partial charge in [-0.3, -0.25) is 0 Å². The maximum absolute atomic E-state index is 12.5. The molecule has 142 valence electrons. The molecule has 26 heavy (non-hydrogen) atoms. The third-order valence-electron chi connectivity index (χ3n) is 5.86. The zero-order valence-electron chi connectivity index (χ0n) is 15.0. The normalized spacial score (nSPS) is 26.5. The fourth-order valence-electron chi connectivity index (χ4n) is 4.51. The van der Waals surface area contributed by atoms with E-state index < -0.39 is 9.84 Å². The second kappa shape index (κ2) is 6.76. The number of piperidine rings is 1.